The third-order valence-electron chi connectivity index (χ3n) is 2.95. The molecule has 0 amide bonds. The van der Waals surface area contributed by atoms with Crippen LogP contribution in [0.2, 0.25) is 0 Å². The summed E-state index contributed by atoms with van der Waals surface area (Å²) in [5.41, 5.74) is 1.31. The van der Waals surface area contributed by atoms with Gasteiger partial charge >= 0.3 is 5.69 Å². The molecule has 3 N–H and O–H groups in total. The first-order valence-corrected chi connectivity index (χ1v) is 6.58. The molecule has 0 fully saturated rings. The molecule has 2 heterocycles. The fourth-order valence-electron chi connectivity index (χ4n) is 2.00. The molecule has 0 aliphatic carbocycles. The van der Waals surface area contributed by atoms with E-state index in [1.54, 1.807) is 18.2 Å². The van der Waals surface area contributed by atoms with E-state index in [-0.39, 0.29) is 5.75 Å². The molecule has 0 spiro atoms. The van der Waals surface area contributed by atoms with Crippen LogP contribution in [0, 0.1) is 0 Å². The molecule has 0 aliphatic heterocycles. The van der Waals surface area contributed by atoms with Gasteiger partial charge in [-0.1, -0.05) is 6.92 Å². The van der Waals surface area contributed by atoms with Crippen molar-refractivity contribution in [2.24, 2.45) is 0 Å². The molecular formula is C14H14N4O3. The number of aromatic hydroxyl groups is 1. The summed E-state index contributed by atoms with van der Waals surface area (Å²) in [5.74, 6) is 1.20. The number of aromatic amines is 2. The van der Waals surface area contributed by atoms with Gasteiger partial charge in [-0.2, -0.15) is 4.98 Å². The number of hydrogen-bond acceptors (Lipinski definition) is 5. The minimum atomic E-state index is -0.450. The lowest BCUT2D eigenvalue weighted by atomic mass is 10.2. The van der Waals surface area contributed by atoms with Gasteiger partial charge in [-0.25, -0.2) is 9.78 Å². The van der Waals surface area contributed by atoms with Gasteiger partial charge in [0.2, 0.25) is 0 Å². The second-order valence-corrected chi connectivity index (χ2v) is 4.56. The van der Waals surface area contributed by atoms with Crippen LogP contribution in [0.15, 0.2) is 29.2 Å². The molecule has 0 radical (unpaired) electrons. The molecule has 7 nitrogen and oxygen atoms in total. The maximum atomic E-state index is 11.2. The van der Waals surface area contributed by atoms with Crippen molar-refractivity contribution in [3.8, 4) is 22.9 Å². The van der Waals surface area contributed by atoms with Gasteiger partial charge in [0.15, 0.2) is 5.65 Å². The van der Waals surface area contributed by atoms with Gasteiger partial charge in [-0.05, 0) is 18.6 Å². The predicted molar refractivity (Wildman–Crippen MR) is 77.4 cm³/mol. The van der Waals surface area contributed by atoms with Crippen LogP contribution in [0.5, 0.6) is 11.5 Å². The van der Waals surface area contributed by atoms with Crippen LogP contribution in [-0.4, -0.2) is 31.6 Å². The van der Waals surface area contributed by atoms with Gasteiger partial charge in [0.1, 0.15) is 22.8 Å². The molecule has 0 saturated heterocycles. The second kappa shape index (κ2) is 5.28. The van der Waals surface area contributed by atoms with Crippen molar-refractivity contribution in [3.63, 3.8) is 0 Å². The van der Waals surface area contributed by atoms with E-state index in [2.05, 4.69) is 19.9 Å². The van der Waals surface area contributed by atoms with Crippen molar-refractivity contribution in [1.82, 2.24) is 19.9 Å². The average molecular weight is 286 g/mol. The molecule has 108 valence electrons. The van der Waals surface area contributed by atoms with E-state index in [0.717, 1.165) is 6.42 Å². The summed E-state index contributed by atoms with van der Waals surface area (Å²) < 4.78 is 5.63. The van der Waals surface area contributed by atoms with E-state index in [1.807, 2.05) is 6.92 Å². The number of rotatable bonds is 4. The molecular weight excluding hydrogens is 272 g/mol. The SMILES string of the molecule is CCCOc1cc(O)ccc1-c1nc2[nH]c(=O)ncc2[nH]1. The molecule has 3 aromatic rings. The minimum absolute atomic E-state index is 0.121. The zero-order valence-electron chi connectivity index (χ0n) is 11.4. The Morgan fingerprint density at radius 2 is 2.19 bits per heavy atom. The van der Waals surface area contributed by atoms with Gasteiger partial charge in [-0.15, -0.1) is 0 Å². The molecule has 21 heavy (non-hydrogen) atoms. The summed E-state index contributed by atoms with van der Waals surface area (Å²) in [6.07, 6.45) is 2.28. The minimum Gasteiger partial charge on any atom is -0.508 e. The molecule has 7 heteroatoms. The Morgan fingerprint density at radius 1 is 1.33 bits per heavy atom. The Morgan fingerprint density at radius 3 is 3.00 bits per heavy atom. The normalized spacial score (nSPS) is 10.9. The van der Waals surface area contributed by atoms with Crippen molar-refractivity contribution < 1.29 is 9.84 Å². The number of phenols is 1. The van der Waals surface area contributed by atoms with Crippen molar-refractivity contribution in [2.75, 3.05) is 6.61 Å². The molecule has 1 aromatic carbocycles. The largest absolute Gasteiger partial charge is 0.508 e. The van der Waals surface area contributed by atoms with E-state index in [0.29, 0.717) is 34.9 Å². The van der Waals surface area contributed by atoms with Crippen molar-refractivity contribution in [1.29, 1.82) is 0 Å². The average Bonchev–Trinajstić information content (AvgIpc) is 2.87. The van der Waals surface area contributed by atoms with Crippen LogP contribution in [-0.2, 0) is 0 Å². The number of phenolic OH excluding ortho intramolecular Hbond substituents is 1. The van der Waals surface area contributed by atoms with Crippen LogP contribution in [0.25, 0.3) is 22.6 Å². The summed E-state index contributed by atoms with van der Waals surface area (Å²) in [6, 6.07) is 4.81. The first kappa shape index (κ1) is 13.2. The Bertz CT molecular complexity index is 838. The summed E-state index contributed by atoms with van der Waals surface area (Å²) in [6.45, 7) is 2.54. The second-order valence-electron chi connectivity index (χ2n) is 4.56. The fraction of sp³-hybridized carbons (Fsp3) is 0.214. The maximum Gasteiger partial charge on any atom is 0.346 e. The van der Waals surface area contributed by atoms with Crippen LogP contribution in [0.4, 0.5) is 0 Å². The maximum absolute atomic E-state index is 11.2. The van der Waals surface area contributed by atoms with Crippen molar-refractivity contribution in [2.45, 2.75) is 13.3 Å². The number of benzene rings is 1. The lowest BCUT2D eigenvalue weighted by molar-refractivity contribution is 0.316. The molecule has 2 aromatic heterocycles. The number of aromatic nitrogens is 4. The Balaban J connectivity index is 2.10. The number of fused-ring (bicyclic) bond motifs is 1. The molecule has 0 unspecified atom stereocenters. The smallest absolute Gasteiger partial charge is 0.346 e. The molecule has 3 rings (SSSR count). The highest BCUT2D eigenvalue weighted by Crippen LogP contribution is 2.32. The first-order chi connectivity index (χ1) is 10.2. The molecule has 0 atom stereocenters. The van der Waals surface area contributed by atoms with E-state index in [4.69, 9.17) is 4.74 Å². The molecule has 0 bridgehead atoms. The third-order valence-corrected chi connectivity index (χ3v) is 2.95. The summed E-state index contributed by atoms with van der Waals surface area (Å²) in [4.78, 5) is 24.8. The standard InChI is InChI=1S/C14H14N4O3/c1-2-5-21-11-6-8(19)3-4-9(11)12-16-10-7-15-14(20)18-13(10)17-12/h3-4,6-7,19H,2,5H2,1H3,(H2,15,16,17,18,20). The van der Waals surface area contributed by atoms with Gasteiger partial charge in [0.05, 0.1) is 18.4 Å². The number of nitrogens with one attached hydrogen (secondary N) is 2. The highest BCUT2D eigenvalue weighted by Gasteiger charge is 2.12. The van der Waals surface area contributed by atoms with Crippen LogP contribution >= 0.6 is 0 Å². The Kier molecular flexibility index (Phi) is 3.31. The van der Waals surface area contributed by atoms with Crippen molar-refractivity contribution in [3.05, 3.63) is 34.9 Å². The highest BCUT2D eigenvalue weighted by molar-refractivity contribution is 5.77. The monoisotopic (exact) mass is 286 g/mol. The zero-order valence-corrected chi connectivity index (χ0v) is 11.4. The van der Waals surface area contributed by atoms with E-state index in [9.17, 15) is 9.90 Å². The van der Waals surface area contributed by atoms with E-state index >= 15 is 0 Å². The number of nitrogens with zero attached hydrogens (tertiary/aromatic N) is 2. The highest BCUT2D eigenvalue weighted by atomic mass is 16.5. The Hall–Kier alpha value is -2.83. The quantitative estimate of drug-likeness (QED) is 0.678. The lowest BCUT2D eigenvalue weighted by Gasteiger charge is -2.09. The molecule has 0 aliphatic rings. The van der Waals surface area contributed by atoms with Gasteiger partial charge in [0, 0.05) is 6.07 Å². The number of imidazole rings is 1. The lowest BCUT2D eigenvalue weighted by Crippen LogP contribution is -2.08. The predicted octanol–water partition coefficient (Wildman–Crippen LogP) is 1.81. The number of ether oxygens (including phenoxy) is 1. The zero-order chi connectivity index (χ0) is 14.8. The topological polar surface area (TPSA) is 104 Å². The summed E-state index contributed by atoms with van der Waals surface area (Å²) >= 11 is 0. The summed E-state index contributed by atoms with van der Waals surface area (Å²) in [7, 11) is 0. The number of H-pyrrole nitrogens is 2. The van der Waals surface area contributed by atoms with E-state index < -0.39 is 5.69 Å². The van der Waals surface area contributed by atoms with Crippen molar-refractivity contribution >= 4 is 11.2 Å². The van der Waals surface area contributed by atoms with Crippen LogP contribution < -0.4 is 10.4 Å². The molecule has 0 saturated carbocycles. The van der Waals surface area contributed by atoms with Gasteiger partial charge in [0.25, 0.3) is 0 Å². The van der Waals surface area contributed by atoms with Crippen LogP contribution in [0.1, 0.15) is 13.3 Å². The fourth-order valence-corrected chi connectivity index (χ4v) is 2.00. The van der Waals surface area contributed by atoms with E-state index in [1.165, 1.54) is 6.20 Å². The third kappa shape index (κ3) is 2.58. The Labute approximate surface area is 119 Å². The van der Waals surface area contributed by atoms with Crippen LogP contribution in [0.3, 0.4) is 0 Å². The van der Waals surface area contributed by atoms with Gasteiger partial charge in [-0.3, -0.25) is 4.98 Å². The number of hydrogen-bond donors (Lipinski definition) is 3. The summed E-state index contributed by atoms with van der Waals surface area (Å²) in [5, 5.41) is 9.59. The first-order valence-electron chi connectivity index (χ1n) is 6.58. The van der Waals surface area contributed by atoms with Gasteiger partial charge < -0.3 is 14.8 Å².